The zero-order valence-electron chi connectivity index (χ0n) is 27.5. The number of sulfonamides is 1. The first-order chi connectivity index (χ1) is 21.9. The lowest BCUT2D eigenvalue weighted by molar-refractivity contribution is 0.0973. The average Bonchev–Trinajstić information content (AvgIpc) is 3.44. The van der Waals surface area contributed by atoms with Gasteiger partial charge in [-0.15, -0.1) is 11.3 Å². The van der Waals surface area contributed by atoms with E-state index in [0.29, 0.717) is 23.9 Å². The van der Waals surface area contributed by atoms with Crippen molar-refractivity contribution in [1.82, 2.24) is 14.9 Å². The molecule has 0 bridgehead atoms. The number of carbonyl (C=O) groups is 1. The molecular formula is C37H46N4O3S2. The zero-order chi connectivity index (χ0) is 32.5. The number of piperidine rings is 1. The predicted octanol–water partition coefficient (Wildman–Crippen LogP) is 7.84. The Bertz CT molecular complexity index is 1790. The number of hydrogen-bond acceptors (Lipinski definition) is 7. The molecule has 1 aliphatic carbocycles. The van der Waals surface area contributed by atoms with Crippen LogP contribution in [0.15, 0.2) is 60.8 Å². The second kappa shape index (κ2) is 13.5. The Morgan fingerprint density at radius 2 is 1.87 bits per heavy atom. The monoisotopic (exact) mass is 658 g/mol. The van der Waals surface area contributed by atoms with Crippen LogP contribution in [0.1, 0.15) is 96.9 Å². The van der Waals surface area contributed by atoms with Crippen LogP contribution in [-0.4, -0.2) is 55.0 Å². The summed E-state index contributed by atoms with van der Waals surface area (Å²) in [5, 5.41) is 1.06. The van der Waals surface area contributed by atoms with Crippen molar-refractivity contribution in [1.29, 1.82) is 0 Å². The van der Waals surface area contributed by atoms with Crippen LogP contribution in [0.5, 0.6) is 0 Å². The largest absolute Gasteiger partial charge is 0.303 e. The van der Waals surface area contributed by atoms with Gasteiger partial charge in [-0.1, -0.05) is 39.0 Å². The summed E-state index contributed by atoms with van der Waals surface area (Å²) in [6.07, 6.45) is 9.55. The number of Topliss-reactive ketones (excluding diaryl/α,β-unsaturated/α-hetero) is 1. The number of anilines is 1. The van der Waals surface area contributed by atoms with Gasteiger partial charge in [0.15, 0.2) is 5.78 Å². The van der Waals surface area contributed by atoms with Gasteiger partial charge >= 0.3 is 0 Å². The Balaban J connectivity index is 1.18. The number of ketones is 1. The Labute approximate surface area is 277 Å². The van der Waals surface area contributed by atoms with Gasteiger partial charge in [0.25, 0.3) is 0 Å². The van der Waals surface area contributed by atoms with Crippen molar-refractivity contribution in [3.05, 3.63) is 88.2 Å². The molecule has 6 rings (SSSR count). The molecular weight excluding hydrogens is 613 g/mol. The Morgan fingerprint density at radius 1 is 1.07 bits per heavy atom. The molecule has 46 heavy (non-hydrogen) atoms. The number of benzene rings is 1. The van der Waals surface area contributed by atoms with E-state index in [1.807, 2.05) is 36.5 Å². The first-order valence-electron chi connectivity index (χ1n) is 16.6. The highest BCUT2D eigenvalue weighted by Gasteiger charge is 2.30. The highest BCUT2D eigenvalue weighted by Crippen LogP contribution is 2.39. The summed E-state index contributed by atoms with van der Waals surface area (Å²) >= 11 is 1.51. The molecule has 1 saturated heterocycles. The molecule has 4 heterocycles. The lowest BCUT2D eigenvalue weighted by Gasteiger charge is -2.34. The van der Waals surface area contributed by atoms with E-state index in [0.717, 1.165) is 85.1 Å². The van der Waals surface area contributed by atoms with Gasteiger partial charge in [-0.3, -0.25) is 14.5 Å². The molecule has 4 aromatic rings. The molecule has 9 heteroatoms. The van der Waals surface area contributed by atoms with Gasteiger partial charge < -0.3 is 4.90 Å². The van der Waals surface area contributed by atoms with Gasteiger partial charge in [-0.05, 0) is 123 Å². The van der Waals surface area contributed by atoms with E-state index >= 15 is 0 Å². The van der Waals surface area contributed by atoms with Crippen LogP contribution >= 0.6 is 11.3 Å². The fourth-order valence-electron chi connectivity index (χ4n) is 7.19. The topological polar surface area (TPSA) is 92.3 Å². The normalized spacial score (nSPS) is 18.7. The van der Waals surface area contributed by atoms with Crippen molar-refractivity contribution >= 4 is 43.0 Å². The van der Waals surface area contributed by atoms with Crippen molar-refractivity contribution in [2.45, 2.75) is 77.6 Å². The minimum Gasteiger partial charge on any atom is -0.303 e. The van der Waals surface area contributed by atoms with E-state index in [9.17, 15) is 13.2 Å². The zero-order valence-corrected chi connectivity index (χ0v) is 29.1. The molecule has 2 aliphatic rings. The van der Waals surface area contributed by atoms with Crippen LogP contribution < -0.4 is 4.72 Å². The van der Waals surface area contributed by atoms with Crippen molar-refractivity contribution in [2.75, 3.05) is 30.6 Å². The van der Waals surface area contributed by atoms with Gasteiger partial charge in [0.05, 0.1) is 11.1 Å². The van der Waals surface area contributed by atoms with Gasteiger partial charge in [0.2, 0.25) is 10.0 Å². The number of nitrogens with zero attached hydrogens (tertiary/aromatic N) is 3. The van der Waals surface area contributed by atoms with E-state index in [-0.39, 0.29) is 17.1 Å². The Kier molecular flexibility index (Phi) is 9.65. The van der Waals surface area contributed by atoms with E-state index in [1.54, 1.807) is 6.07 Å². The van der Waals surface area contributed by atoms with E-state index in [2.05, 4.69) is 53.6 Å². The fourth-order valence-corrected chi connectivity index (χ4v) is 8.73. The van der Waals surface area contributed by atoms with E-state index in [1.165, 1.54) is 28.3 Å². The van der Waals surface area contributed by atoms with Crippen molar-refractivity contribution < 1.29 is 13.2 Å². The minimum atomic E-state index is -3.41. The number of rotatable bonds is 10. The number of thiophene rings is 1. The standard InChI is InChI=1S/C37H46N4O3S2/c1-37(2,3)30-11-12-33-28(21-30)20-29-24-35(45-36(29)39-33)34(42)23-27(26-8-7-9-31(22-26)40-46(4,43)44)15-19-41-17-13-25(14-18-41)32-10-5-6-16-38-32/h5-10,16,20,22,24-25,27,30,40H,11-15,17-19,21,23H2,1-4H3/t27-,30-/m0/s1. The molecule has 3 aromatic heterocycles. The third-order valence-corrected chi connectivity index (χ3v) is 11.6. The molecule has 0 saturated carbocycles. The molecule has 1 N–H and O–H groups in total. The fraction of sp³-hybridized carbons (Fsp3) is 0.486. The summed E-state index contributed by atoms with van der Waals surface area (Å²) in [5.41, 5.74) is 5.46. The van der Waals surface area contributed by atoms with E-state index < -0.39 is 10.0 Å². The maximum absolute atomic E-state index is 13.9. The predicted molar refractivity (Wildman–Crippen MR) is 188 cm³/mol. The van der Waals surface area contributed by atoms with Crippen LogP contribution in [0.4, 0.5) is 5.69 Å². The summed E-state index contributed by atoms with van der Waals surface area (Å²) in [5.74, 6) is 1.20. The maximum Gasteiger partial charge on any atom is 0.229 e. The molecule has 7 nitrogen and oxygen atoms in total. The van der Waals surface area contributed by atoms with Crippen molar-refractivity contribution in [3.8, 4) is 0 Å². The number of aromatic nitrogens is 2. The summed E-state index contributed by atoms with van der Waals surface area (Å²) in [4.78, 5) is 27.7. The second-order valence-electron chi connectivity index (χ2n) is 14.4. The van der Waals surface area contributed by atoms with Crippen LogP contribution in [0.2, 0.25) is 0 Å². The second-order valence-corrected chi connectivity index (χ2v) is 17.2. The summed E-state index contributed by atoms with van der Waals surface area (Å²) < 4.78 is 26.6. The summed E-state index contributed by atoms with van der Waals surface area (Å²) in [7, 11) is -3.41. The molecule has 1 aromatic carbocycles. The number of likely N-dealkylation sites (tertiary alicyclic amines) is 1. The number of pyridine rings is 2. The molecule has 1 aliphatic heterocycles. The van der Waals surface area contributed by atoms with Crippen molar-refractivity contribution in [3.63, 3.8) is 0 Å². The minimum absolute atomic E-state index is 0.0405. The van der Waals surface area contributed by atoms with Crippen LogP contribution in [0, 0.1) is 11.3 Å². The third-order valence-electron chi connectivity index (χ3n) is 9.95. The Hall–Kier alpha value is -3.14. The summed E-state index contributed by atoms with van der Waals surface area (Å²) in [6.45, 7) is 9.85. The lowest BCUT2D eigenvalue weighted by atomic mass is 9.71. The molecule has 0 spiro atoms. The number of carbonyl (C=O) groups excluding carboxylic acids is 1. The van der Waals surface area contributed by atoms with E-state index in [4.69, 9.17) is 4.98 Å². The molecule has 2 atom stereocenters. The van der Waals surface area contributed by atoms with Gasteiger partial charge in [0, 0.05) is 41.0 Å². The number of aryl methyl sites for hydroxylation is 1. The smallest absolute Gasteiger partial charge is 0.229 e. The highest BCUT2D eigenvalue weighted by atomic mass is 32.2. The first-order valence-corrected chi connectivity index (χ1v) is 19.3. The summed E-state index contributed by atoms with van der Waals surface area (Å²) in [6, 6.07) is 18.0. The number of hydrogen-bond donors (Lipinski definition) is 1. The van der Waals surface area contributed by atoms with Gasteiger partial charge in [-0.2, -0.15) is 0 Å². The van der Waals surface area contributed by atoms with Gasteiger partial charge in [0.1, 0.15) is 4.83 Å². The Morgan fingerprint density at radius 3 is 2.59 bits per heavy atom. The molecule has 0 unspecified atom stereocenters. The number of nitrogens with one attached hydrogen (secondary N) is 1. The van der Waals surface area contributed by atoms with Crippen molar-refractivity contribution in [2.24, 2.45) is 11.3 Å². The third kappa shape index (κ3) is 8.04. The van der Waals surface area contributed by atoms with Gasteiger partial charge in [-0.25, -0.2) is 13.4 Å². The first kappa shape index (κ1) is 32.8. The van der Waals surface area contributed by atoms with Crippen LogP contribution in [-0.2, 0) is 22.9 Å². The lowest BCUT2D eigenvalue weighted by Crippen LogP contribution is -2.34. The molecule has 244 valence electrons. The molecule has 1 fully saturated rings. The number of fused-ring (bicyclic) bond motifs is 2. The maximum atomic E-state index is 13.9. The van der Waals surface area contributed by atoms with Crippen LogP contribution in [0.25, 0.3) is 10.2 Å². The molecule has 0 amide bonds. The van der Waals surface area contributed by atoms with Crippen LogP contribution in [0.3, 0.4) is 0 Å². The SMILES string of the molecule is CC(C)(C)[C@H]1CCc2nc3sc(C(=O)C[C@H](CCN4CCC(c5ccccn5)CC4)c4cccc(NS(C)(=O)=O)c4)cc3cc2C1. The quantitative estimate of drug-likeness (QED) is 0.175. The highest BCUT2D eigenvalue weighted by molar-refractivity contribution is 7.92. The molecule has 0 radical (unpaired) electrons. The average molecular weight is 659 g/mol.